The van der Waals surface area contributed by atoms with E-state index in [0.29, 0.717) is 12.0 Å². The van der Waals surface area contributed by atoms with Crippen LogP contribution in [-0.2, 0) is 11.3 Å². The van der Waals surface area contributed by atoms with Gasteiger partial charge < -0.3 is 14.6 Å². The molecular formula is C15H19N5O. The Labute approximate surface area is 123 Å². The molecule has 4 heterocycles. The van der Waals surface area contributed by atoms with E-state index in [4.69, 9.17) is 4.74 Å². The SMILES string of the molecule is CC1CC(c2nnc3n2CCNC3c2cccnc2)CO1. The first-order valence-electron chi connectivity index (χ1n) is 7.51. The quantitative estimate of drug-likeness (QED) is 0.900. The van der Waals surface area contributed by atoms with Crippen molar-refractivity contribution in [2.24, 2.45) is 0 Å². The Balaban J connectivity index is 1.69. The van der Waals surface area contributed by atoms with E-state index in [9.17, 15) is 0 Å². The van der Waals surface area contributed by atoms with Crippen LogP contribution < -0.4 is 5.32 Å². The zero-order valence-corrected chi connectivity index (χ0v) is 12.1. The molecule has 3 atom stereocenters. The van der Waals surface area contributed by atoms with Crippen LogP contribution in [0.1, 0.15) is 42.5 Å². The summed E-state index contributed by atoms with van der Waals surface area (Å²) in [5, 5.41) is 12.4. The number of nitrogens with one attached hydrogen (secondary N) is 1. The molecule has 0 bridgehead atoms. The van der Waals surface area contributed by atoms with E-state index in [1.54, 1.807) is 6.20 Å². The van der Waals surface area contributed by atoms with Crippen molar-refractivity contribution in [3.63, 3.8) is 0 Å². The van der Waals surface area contributed by atoms with Gasteiger partial charge in [0.1, 0.15) is 5.82 Å². The van der Waals surface area contributed by atoms with Crippen LogP contribution in [0.5, 0.6) is 0 Å². The molecule has 3 unspecified atom stereocenters. The molecule has 0 aliphatic carbocycles. The molecule has 2 aromatic rings. The van der Waals surface area contributed by atoms with Crippen LogP contribution in [0.25, 0.3) is 0 Å². The summed E-state index contributed by atoms with van der Waals surface area (Å²) in [4.78, 5) is 4.21. The van der Waals surface area contributed by atoms with Gasteiger partial charge in [0.05, 0.1) is 18.8 Å². The molecule has 21 heavy (non-hydrogen) atoms. The fraction of sp³-hybridized carbons (Fsp3) is 0.533. The normalized spacial score (nSPS) is 28.5. The predicted octanol–water partition coefficient (Wildman–Crippen LogP) is 1.26. The second-order valence-electron chi connectivity index (χ2n) is 5.82. The summed E-state index contributed by atoms with van der Waals surface area (Å²) in [7, 11) is 0. The number of fused-ring (bicyclic) bond motifs is 1. The molecule has 1 saturated heterocycles. The first-order chi connectivity index (χ1) is 10.3. The Morgan fingerprint density at radius 1 is 1.33 bits per heavy atom. The number of rotatable bonds is 2. The van der Waals surface area contributed by atoms with Gasteiger partial charge in [-0.05, 0) is 25.0 Å². The topological polar surface area (TPSA) is 64.9 Å². The van der Waals surface area contributed by atoms with E-state index in [-0.39, 0.29) is 6.04 Å². The molecule has 0 amide bonds. The number of pyridine rings is 1. The molecule has 0 saturated carbocycles. The third-order valence-corrected chi connectivity index (χ3v) is 4.33. The Morgan fingerprint density at radius 3 is 3.00 bits per heavy atom. The van der Waals surface area contributed by atoms with E-state index < -0.39 is 0 Å². The number of nitrogens with zero attached hydrogens (tertiary/aromatic N) is 4. The van der Waals surface area contributed by atoms with Crippen LogP contribution in [-0.4, -0.2) is 39.0 Å². The van der Waals surface area contributed by atoms with Crippen molar-refractivity contribution in [1.82, 2.24) is 25.1 Å². The lowest BCUT2D eigenvalue weighted by Gasteiger charge is -2.25. The van der Waals surface area contributed by atoms with Gasteiger partial charge in [0.2, 0.25) is 0 Å². The Morgan fingerprint density at radius 2 is 2.24 bits per heavy atom. The zero-order chi connectivity index (χ0) is 14.2. The van der Waals surface area contributed by atoms with Crippen LogP contribution in [0.4, 0.5) is 0 Å². The summed E-state index contributed by atoms with van der Waals surface area (Å²) in [5.74, 6) is 2.43. The summed E-state index contributed by atoms with van der Waals surface area (Å²) in [5.41, 5.74) is 1.13. The molecule has 0 spiro atoms. The van der Waals surface area contributed by atoms with Gasteiger partial charge in [-0.15, -0.1) is 10.2 Å². The standard InChI is InChI=1S/C15H19N5O/c1-10-7-12(9-21-10)14-18-19-15-13(17-5-6-20(14)15)11-3-2-4-16-8-11/h2-4,8,10,12-13,17H,5-7,9H2,1H3. The molecule has 110 valence electrons. The lowest BCUT2D eigenvalue weighted by Crippen LogP contribution is -2.35. The fourth-order valence-electron chi connectivity index (χ4n) is 3.30. The van der Waals surface area contributed by atoms with Crippen LogP contribution in [0, 0.1) is 0 Å². The Bertz CT molecular complexity index is 626. The Kier molecular flexibility index (Phi) is 3.20. The minimum absolute atomic E-state index is 0.0773. The van der Waals surface area contributed by atoms with Gasteiger partial charge in [0.25, 0.3) is 0 Å². The second kappa shape index (κ2) is 5.20. The maximum Gasteiger partial charge on any atom is 0.154 e. The second-order valence-corrected chi connectivity index (χ2v) is 5.82. The zero-order valence-electron chi connectivity index (χ0n) is 12.1. The molecule has 2 aliphatic rings. The van der Waals surface area contributed by atoms with Crippen molar-refractivity contribution in [3.8, 4) is 0 Å². The average molecular weight is 285 g/mol. The van der Waals surface area contributed by atoms with E-state index in [2.05, 4.69) is 38.1 Å². The third-order valence-electron chi connectivity index (χ3n) is 4.33. The molecule has 2 aromatic heterocycles. The number of ether oxygens (including phenoxy) is 1. The number of aromatic nitrogens is 4. The molecule has 4 rings (SSSR count). The molecule has 0 radical (unpaired) electrons. The molecule has 6 heteroatoms. The van der Waals surface area contributed by atoms with Crippen molar-refractivity contribution in [2.45, 2.75) is 38.0 Å². The van der Waals surface area contributed by atoms with E-state index in [1.807, 2.05) is 12.3 Å². The summed E-state index contributed by atoms with van der Waals surface area (Å²) in [6, 6.07) is 4.11. The summed E-state index contributed by atoms with van der Waals surface area (Å²) in [6.07, 6.45) is 5.03. The van der Waals surface area contributed by atoms with Crippen LogP contribution >= 0.6 is 0 Å². The number of hydrogen-bond acceptors (Lipinski definition) is 5. The highest BCUT2D eigenvalue weighted by atomic mass is 16.5. The van der Waals surface area contributed by atoms with E-state index in [1.165, 1.54) is 0 Å². The predicted molar refractivity (Wildman–Crippen MR) is 76.9 cm³/mol. The molecule has 6 nitrogen and oxygen atoms in total. The third kappa shape index (κ3) is 2.24. The molecule has 0 aromatic carbocycles. The van der Waals surface area contributed by atoms with Crippen molar-refractivity contribution < 1.29 is 4.74 Å². The molecule has 1 fully saturated rings. The van der Waals surface area contributed by atoms with Gasteiger partial charge in [-0.2, -0.15) is 0 Å². The van der Waals surface area contributed by atoms with Crippen molar-refractivity contribution in [2.75, 3.05) is 13.2 Å². The first-order valence-corrected chi connectivity index (χ1v) is 7.51. The molecular weight excluding hydrogens is 266 g/mol. The lowest BCUT2D eigenvalue weighted by atomic mass is 10.0. The largest absolute Gasteiger partial charge is 0.378 e. The fourth-order valence-corrected chi connectivity index (χ4v) is 3.30. The average Bonchev–Trinajstić information content (AvgIpc) is 3.13. The Hall–Kier alpha value is -1.79. The summed E-state index contributed by atoms with van der Waals surface area (Å²) >= 11 is 0. The molecule has 1 N–H and O–H groups in total. The molecule has 2 aliphatic heterocycles. The van der Waals surface area contributed by atoms with Crippen molar-refractivity contribution in [1.29, 1.82) is 0 Å². The van der Waals surface area contributed by atoms with Crippen LogP contribution in [0.15, 0.2) is 24.5 Å². The van der Waals surface area contributed by atoms with Crippen LogP contribution in [0.2, 0.25) is 0 Å². The maximum atomic E-state index is 5.68. The van der Waals surface area contributed by atoms with E-state index in [0.717, 1.165) is 43.3 Å². The summed E-state index contributed by atoms with van der Waals surface area (Å²) < 4.78 is 7.95. The minimum Gasteiger partial charge on any atom is -0.378 e. The van der Waals surface area contributed by atoms with Crippen LogP contribution in [0.3, 0.4) is 0 Å². The smallest absolute Gasteiger partial charge is 0.154 e. The maximum absolute atomic E-state index is 5.68. The number of hydrogen-bond donors (Lipinski definition) is 1. The van der Waals surface area contributed by atoms with Gasteiger partial charge in [0, 0.05) is 31.4 Å². The highest BCUT2D eigenvalue weighted by molar-refractivity contribution is 5.24. The monoisotopic (exact) mass is 285 g/mol. The highest BCUT2D eigenvalue weighted by Crippen LogP contribution is 2.31. The van der Waals surface area contributed by atoms with Gasteiger partial charge in [0.15, 0.2) is 5.82 Å². The van der Waals surface area contributed by atoms with Crippen molar-refractivity contribution >= 4 is 0 Å². The van der Waals surface area contributed by atoms with Gasteiger partial charge in [-0.25, -0.2) is 0 Å². The first kappa shape index (κ1) is 12.9. The van der Waals surface area contributed by atoms with Crippen molar-refractivity contribution in [3.05, 3.63) is 41.7 Å². The van der Waals surface area contributed by atoms with E-state index >= 15 is 0 Å². The van der Waals surface area contributed by atoms with Gasteiger partial charge >= 0.3 is 0 Å². The summed E-state index contributed by atoms with van der Waals surface area (Å²) in [6.45, 7) is 4.71. The lowest BCUT2D eigenvalue weighted by molar-refractivity contribution is 0.123. The highest BCUT2D eigenvalue weighted by Gasteiger charge is 2.32. The minimum atomic E-state index is 0.0773. The van der Waals surface area contributed by atoms with Gasteiger partial charge in [-0.3, -0.25) is 4.98 Å². The van der Waals surface area contributed by atoms with Gasteiger partial charge in [-0.1, -0.05) is 6.07 Å².